The first kappa shape index (κ1) is 14.9. The van der Waals surface area contributed by atoms with Gasteiger partial charge in [-0.25, -0.2) is 14.8 Å². The number of rotatable bonds is 4. The Balaban J connectivity index is 1.69. The van der Waals surface area contributed by atoms with E-state index in [9.17, 15) is 9.59 Å². The van der Waals surface area contributed by atoms with Crippen LogP contribution in [0.3, 0.4) is 0 Å². The fourth-order valence-corrected chi connectivity index (χ4v) is 7.77. The zero-order chi connectivity index (χ0) is 14.9. The van der Waals surface area contributed by atoms with Crippen LogP contribution in [0.4, 0.5) is 4.79 Å². The van der Waals surface area contributed by atoms with Crippen molar-refractivity contribution in [1.82, 2.24) is 4.98 Å². The summed E-state index contributed by atoms with van der Waals surface area (Å²) in [5.41, 5.74) is 0.686. The van der Waals surface area contributed by atoms with Gasteiger partial charge in [-0.05, 0) is 42.4 Å². The van der Waals surface area contributed by atoms with Gasteiger partial charge >= 0.3 is 6.16 Å². The number of fused-ring (bicyclic) bond motifs is 3. The van der Waals surface area contributed by atoms with E-state index in [0.29, 0.717) is 17.4 Å². The molecule has 2 unspecified atom stereocenters. The van der Waals surface area contributed by atoms with Crippen molar-refractivity contribution in [1.29, 1.82) is 0 Å². The van der Waals surface area contributed by atoms with Gasteiger partial charge in [-0.3, -0.25) is 4.79 Å². The summed E-state index contributed by atoms with van der Waals surface area (Å²) in [5, 5.41) is 0. The van der Waals surface area contributed by atoms with Crippen LogP contribution in [0.2, 0.25) is 0 Å². The number of hydrogen-bond acceptors (Lipinski definition) is 4. The first-order chi connectivity index (χ1) is 10.1. The molecular weight excluding hydrogens is 309 g/mol. The number of H-pyrrole nitrogens is 1. The standard InChI is InChI=1S/C14H20NO4PS/c16-12(11-2-1-5-15-11)8-21-6-3-10(4-7-21)13(9-21)18-14(17)19-20/h1-2,5,10,13,15H,3-4,6-9,20H2. The number of Topliss-reactive ketones (excluding diaryl/α,β-unsaturated/α-hetero) is 1. The quantitative estimate of drug-likeness (QED) is 0.524. The van der Waals surface area contributed by atoms with Gasteiger partial charge in [-0.15, -0.1) is 0 Å². The van der Waals surface area contributed by atoms with Crippen molar-refractivity contribution in [3.05, 3.63) is 24.0 Å². The second-order valence-corrected chi connectivity index (χ2v) is 9.94. The summed E-state index contributed by atoms with van der Waals surface area (Å²) in [5.74, 6) is 4.33. The number of hydrogen-bond donors (Lipinski definition) is 1. The summed E-state index contributed by atoms with van der Waals surface area (Å²) < 4.78 is 9.92. The van der Waals surface area contributed by atoms with Crippen LogP contribution in [-0.2, 0) is 9.26 Å². The first-order valence-electron chi connectivity index (χ1n) is 7.10. The van der Waals surface area contributed by atoms with Crippen molar-refractivity contribution in [2.45, 2.75) is 18.9 Å². The molecule has 0 spiro atoms. The summed E-state index contributed by atoms with van der Waals surface area (Å²) in [4.78, 5) is 26.7. The Labute approximate surface area is 127 Å². The van der Waals surface area contributed by atoms with E-state index in [4.69, 9.17) is 4.74 Å². The van der Waals surface area contributed by atoms with E-state index in [1.165, 1.54) is 0 Å². The maximum Gasteiger partial charge on any atom is 0.510 e. The predicted octanol–water partition coefficient (Wildman–Crippen LogP) is 2.74. The molecule has 0 amide bonds. The summed E-state index contributed by atoms with van der Waals surface area (Å²) >= 11 is 0. The number of aromatic nitrogens is 1. The third kappa shape index (κ3) is 3.11. The molecule has 2 bridgehead atoms. The number of carbonyl (C=O) groups is 2. The summed E-state index contributed by atoms with van der Waals surface area (Å²) in [7, 11) is 0.911. The molecule has 0 radical (unpaired) electrons. The molecule has 4 rings (SSSR count). The molecule has 3 saturated heterocycles. The molecule has 1 aromatic heterocycles. The average molecular weight is 329 g/mol. The Morgan fingerprint density at radius 2 is 2.14 bits per heavy atom. The Kier molecular flexibility index (Phi) is 4.27. The number of aromatic amines is 1. The van der Waals surface area contributed by atoms with Crippen molar-refractivity contribution in [3.63, 3.8) is 0 Å². The highest BCUT2D eigenvalue weighted by Gasteiger charge is 2.45. The van der Waals surface area contributed by atoms with Crippen molar-refractivity contribution < 1.29 is 18.8 Å². The van der Waals surface area contributed by atoms with Gasteiger partial charge in [0, 0.05) is 17.7 Å². The van der Waals surface area contributed by atoms with E-state index in [1.54, 1.807) is 6.20 Å². The van der Waals surface area contributed by atoms with Gasteiger partial charge in [0.25, 0.3) is 0 Å². The van der Waals surface area contributed by atoms with Gasteiger partial charge in [0.15, 0.2) is 5.78 Å². The summed E-state index contributed by atoms with van der Waals surface area (Å²) in [6.45, 7) is 0. The van der Waals surface area contributed by atoms with Crippen LogP contribution in [0.15, 0.2) is 18.3 Å². The van der Waals surface area contributed by atoms with Crippen molar-refractivity contribution in [2.75, 3.05) is 23.0 Å². The smallest absolute Gasteiger partial charge is 0.430 e. The fourth-order valence-electron chi connectivity index (χ4n) is 3.42. The Bertz CT molecular complexity index is 525. The minimum atomic E-state index is -1.01. The van der Waals surface area contributed by atoms with E-state index in [2.05, 4.69) is 9.51 Å². The lowest BCUT2D eigenvalue weighted by molar-refractivity contribution is 0.0388. The molecule has 7 heteroatoms. The average Bonchev–Trinajstić information content (AvgIpc) is 3.02. The molecule has 0 saturated carbocycles. The topological polar surface area (TPSA) is 68.4 Å². The molecule has 3 fully saturated rings. The van der Waals surface area contributed by atoms with E-state index < -0.39 is 16.2 Å². The fraction of sp³-hybridized carbons (Fsp3) is 0.571. The normalized spacial score (nSPS) is 34.0. The molecule has 3 aliphatic heterocycles. The largest absolute Gasteiger partial charge is 0.510 e. The van der Waals surface area contributed by atoms with Gasteiger partial charge in [0.1, 0.15) is 6.10 Å². The third-order valence-corrected chi connectivity index (χ3v) is 8.87. The van der Waals surface area contributed by atoms with Gasteiger partial charge in [-0.2, -0.15) is 0 Å². The lowest BCUT2D eigenvalue weighted by Gasteiger charge is -2.53. The summed E-state index contributed by atoms with van der Waals surface area (Å²) in [6, 6.07) is 3.67. The van der Waals surface area contributed by atoms with Crippen molar-refractivity contribution >= 4 is 31.4 Å². The lowest BCUT2D eigenvalue weighted by Crippen LogP contribution is -2.46. The molecular formula is C14H20NO4PS. The molecule has 5 nitrogen and oxygen atoms in total. The molecule has 0 aromatic carbocycles. The van der Waals surface area contributed by atoms with E-state index in [1.807, 2.05) is 21.6 Å². The minimum absolute atomic E-state index is 0.0769. The lowest BCUT2D eigenvalue weighted by atomic mass is 9.96. The zero-order valence-electron chi connectivity index (χ0n) is 11.7. The van der Waals surface area contributed by atoms with Crippen LogP contribution < -0.4 is 0 Å². The number of ether oxygens (including phenoxy) is 1. The Hall–Kier alpha value is -1.00. The molecule has 0 aliphatic carbocycles. The minimum Gasteiger partial charge on any atom is -0.430 e. The maximum atomic E-state index is 12.4. The zero-order valence-corrected chi connectivity index (χ0v) is 13.7. The molecule has 2 atom stereocenters. The van der Waals surface area contributed by atoms with Gasteiger partial charge in [0.05, 0.1) is 15.2 Å². The molecule has 1 aromatic rings. The number of carbonyl (C=O) groups excluding carboxylic acids is 2. The van der Waals surface area contributed by atoms with E-state index >= 15 is 0 Å². The molecule has 4 heterocycles. The van der Waals surface area contributed by atoms with E-state index in [-0.39, 0.29) is 11.9 Å². The second kappa shape index (κ2) is 6.01. The van der Waals surface area contributed by atoms with Crippen molar-refractivity contribution in [3.8, 4) is 0 Å². The molecule has 1 N–H and O–H groups in total. The highest BCUT2D eigenvalue weighted by molar-refractivity contribution is 8.34. The van der Waals surface area contributed by atoms with Crippen LogP contribution in [0, 0.1) is 5.92 Å². The van der Waals surface area contributed by atoms with Crippen LogP contribution in [-0.4, -0.2) is 46.0 Å². The second-order valence-electron chi connectivity index (χ2n) is 5.81. The summed E-state index contributed by atoms with van der Waals surface area (Å²) in [6.07, 6.45) is 3.18. The highest BCUT2D eigenvalue weighted by atomic mass is 32.3. The molecule has 21 heavy (non-hydrogen) atoms. The number of ketones is 1. The monoisotopic (exact) mass is 329 g/mol. The SMILES string of the molecule is O=C(OP)OC1CS2(CC(=O)c3ccc[nH]3)CCC1CC2. The van der Waals surface area contributed by atoms with Crippen LogP contribution in [0.5, 0.6) is 0 Å². The molecule has 3 aliphatic rings. The van der Waals surface area contributed by atoms with E-state index in [0.717, 1.165) is 30.1 Å². The maximum absolute atomic E-state index is 12.4. The molecule has 116 valence electrons. The van der Waals surface area contributed by atoms with Crippen LogP contribution in [0.1, 0.15) is 23.3 Å². The Morgan fingerprint density at radius 3 is 2.76 bits per heavy atom. The van der Waals surface area contributed by atoms with Crippen LogP contribution >= 0.6 is 19.5 Å². The van der Waals surface area contributed by atoms with Crippen LogP contribution in [0.25, 0.3) is 0 Å². The number of nitrogens with one attached hydrogen (secondary N) is 1. The van der Waals surface area contributed by atoms with Crippen molar-refractivity contribution in [2.24, 2.45) is 5.92 Å². The first-order valence-corrected chi connectivity index (χ1v) is 9.88. The van der Waals surface area contributed by atoms with Gasteiger partial charge < -0.3 is 14.2 Å². The Morgan fingerprint density at radius 1 is 1.38 bits per heavy atom. The predicted molar refractivity (Wildman–Crippen MR) is 86.0 cm³/mol. The van der Waals surface area contributed by atoms with Gasteiger partial charge in [-0.1, -0.05) is 0 Å². The third-order valence-electron chi connectivity index (χ3n) is 4.57. The highest BCUT2D eigenvalue weighted by Crippen LogP contribution is 2.60. The van der Waals surface area contributed by atoms with Gasteiger partial charge in [0.2, 0.25) is 0 Å².